The van der Waals surface area contributed by atoms with Crippen molar-refractivity contribution >= 4 is 15.8 Å². The number of piperidine rings is 1. The maximum atomic E-state index is 11.3. The van der Waals surface area contributed by atoms with Crippen LogP contribution in [0.4, 0.5) is 5.82 Å². The summed E-state index contributed by atoms with van der Waals surface area (Å²) in [6, 6.07) is 3.27. The third-order valence-electron chi connectivity index (χ3n) is 5.00. The van der Waals surface area contributed by atoms with E-state index in [1.54, 1.807) is 6.07 Å². The molecule has 2 aliphatic rings. The number of nitrogens with two attached hydrogens (primary N) is 1. The van der Waals surface area contributed by atoms with Gasteiger partial charge in [-0.2, -0.15) is 0 Å². The topological polar surface area (TPSA) is 88.8 Å². The summed E-state index contributed by atoms with van der Waals surface area (Å²) >= 11 is 0. The van der Waals surface area contributed by atoms with E-state index in [0.717, 1.165) is 51.4 Å². The Bertz CT molecular complexity index is 662. The minimum atomic E-state index is -3.68. The van der Waals surface area contributed by atoms with Crippen LogP contribution in [0, 0.1) is 5.92 Å². The largest absolute Gasteiger partial charge is 0.373 e. The van der Waals surface area contributed by atoms with E-state index in [-0.39, 0.29) is 4.90 Å². The van der Waals surface area contributed by atoms with Gasteiger partial charge in [0.15, 0.2) is 0 Å². The highest BCUT2D eigenvalue weighted by atomic mass is 32.2. The fourth-order valence-corrected chi connectivity index (χ4v) is 4.33. The van der Waals surface area contributed by atoms with Gasteiger partial charge in [0.25, 0.3) is 0 Å². The van der Waals surface area contributed by atoms with Crippen molar-refractivity contribution in [3.05, 3.63) is 18.3 Å². The lowest BCUT2D eigenvalue weighted by Crippen LogP contribution is -2.48. The van der Waals surface area contributed by atoms with Crippen LogP contribution in [-0.4, -0.2) is 63.2 Å². The molecule has 140 valence electrons. The first kappa shape index (κ1) is 18.6. The second kappa shape index (κ2) is 7.57. The Labute approximate surface area is 150 Å². The summed E-state index contributed by atoms with van der Waals surface area (Å²) in [5, 5.41) is 5.12. The Morgan fingerprint density at radius 1 is 1.20 bits per heavy atom. The minimum absolute atomic E-state index is 0.0571. The number of pyridine rings is 1. The van der Waals surface area contributed by atoms with Gasteiger partial charge in [0.2, 0.25) is 10.0 Å². The molecule has 0 aromatic carbocycles. The average Bonchev–Trinajstić information content (AvgIpc) is 2.54. The monoisotopic (exact) mass is 368 g/mol. The molecule has 3 rings (SSSR count). The van der Waals surface area contributed by atoms with Crippen molar-refractivity contribution < 1.29 is 13.2 Å². The van der Waals surface area contributed by atoms with Crippen molar-refractivity contribution in [3.63, 3.8) is 0 Å². The Balaban J connectivity index is 1.52. The van der Waals surface area contributed by atoms with Gasteiger partial charge in [-0.3, -0.25) is 4.90 Å². The van der Waals surface area contributed by atoms with E-state index in [2.05, 4.69) is 28.6 Å². The second-order valence-corrected chi connectivity index (χ2v) is 8.86. The summed E-state index contributed by atoms with van der Waals surface area (Å²) in [5.74, 6) is 1.51. The van der Waals surface area contributed by atoms with Crippen molar-refractivity contribution in [3.8, 4) is 0 Å². The molecule has 0 spiro atoms. The third kappa shape index (κ3) is 4.91. The van der Waals surface area contributed by atoms with Crippen LogP contribution in [-0.2, 0) is 14.8 Å². The number of sulfonamides is 1. The van der Waals surface area contributed by atoms with Gasteiger partial charge in [0, 0.05) is 38.9 Å². The molecule has 0 radical (unpaired) electrons. The number of nitrogens with zero attached hydrogens (tertiary/aromatic N) is 3. The van der Waals surface area contributed by atoms with Crippen molar-refractivity contribution in [2.45, 2.75) is 43.8 Å². The second-order valence-electron chi connectivity index (χ2n) is 7.30. The molecule has 0 saturated carbocycles. The molecule has 2 atom stereocenters. The van der Waals surface area contributed by atoms with Gasteiger partial charge in [0.1, 0.15) is 10.7 Å². The van der Waals surface area contributed by atoms with E-state index in [0.29, 0.717) is 18.1 Å². The standard InChI is InChI=1S/C17H28N4O3S/c1-13-10-20(11-14(2)24-13)12-15-5-7-21(8-6-15)17-4-3-16(9-19-17)25(18,22)23/h3-4,9,13-15H,5-8,10-12H2,1-2H3,(H2,18,22,23)/t13-,14+. The van der Waals surface area contributed by atoms with Gasteiger partial charge in [0.05, 0.1) is 12.2 Å². The van der Waals surface area contributed by atoms with E-state index < -0.39 is 10.0 Å². The number of hydrogen-bond donors (Lipinski definition) is 1. The van der Waals surface area contributed by atoms with E-state index in [9.17, 15) is 8.42 Å². The summed E-state index contributed by atoms with van der Waals surface area (Å²) in [6.45, 7) is 9.33. The van der Waals surface area contributed by atoms with Gasteiger partial charge in [-0.1, -0.05) is 0 Å². The highest BCUT2D eigenvalue weighted by Gasteiger charge is 2.27. The van der Waals surface area contributed by atoms with E-state index >= 15 is 0 Å². The fraction of sp³-hybridized carbons (Fsp3) is 0.706. The zero-order chi connectivity index (χ0) is 18.0. The molecule has 2 fully saturated rings. The normalized spacial score (nSPS) is 26.8. The van der Waals surface area contributed by atoms with Gasteiger partial charge in [-0.15, -0.1) is 0 Å². The number of morpholine rings is 1. The lowest BCUT2D eigenvalue weighted by molar-refractivity contribution is -0.0720. The summed E-state index contributed by atoms with van der Waals surface area (Å²) < 4.78 is 28.4. The van der Waals surface area contributed by atoms with Gasteiger partial charge in [-0.05, 0) is 44.7 Å². The van der Waals surface area contributed by atoms with Crippen molar-refractivity contribution in [1.82, 2.24) is 9.88 Å². The molecule has 2 aliphatic heterocycles. The molecule has 0 bridgehead atoms. The number of anilines is 1. The Hall–Kier alpha value is -1.22. The number of aromatic nitrogens is 1. The first-order chi connectivity index (χ1) is 11.8. The Morgan fingerprint density at radius 2 is 1.84 bits per heavy atom. The molecule has 1 aromatic rings. The van der Waals surface area contributed by atoms with Crippen LogP contribution in [0.2, 0.25) is 0 Å². The maximum Gasteiger partial charge on any atom is 0.239 e. The van der Waals surface area contributed by atoms with Crippen LogP contribution >= 0.6 is 0 Å². The zero-order valence-corrected chi connectivity index (χ0v) is 15.8. The van der Waals surface area contributed by atoms with Crippen molar-refractivity contribution in [1.29, 1.82) is 0 Å². The van der Waals surface area contributed by atoms with Crippen LogP contribution in [0.3, 0.4) is 0 Å². The summed E-state index contributed by atoms with van der Waals surface area (Å²) in [5.41, 5.74) is 0. The summed E-state index contributed by atoms with van der Waals surface area (Å²) in [6.07, 6.45) is 4.21. The predicted molar refractivity (Wildman–Crippen MR) is 97.0 cm³/mol. The number of hydrogen-bond acceptors (Lipinski definition) is 6. The Kier molecular flexibility index (Phi) is 5.62. The molecule has 25 heavy (non-hydrogen) atoms. The number of primary sulfonamides is 1. The SMILES string of the molecule is C[C@@H]1CN(CC2CCN(c3ccc(S(N)(=O)=O)cn3)CC2)C[C@H](C)O1. The van der Waals surface area contributed by atoms with Crippen LogP contribution in [0.15, 0.2) is 23.2 Å². The molecule has 8 heteroatoms. The van der Waals surface area contributed by atoms with Gasteiger partial charge in [-0.25, -0.2) is 18.5 Å². The third-order valence-corrected chi connectivity index (χ3v) is 5.90. The average molecular weight is 369 g/mol. The quantitative estimate of drug-likeness (QED) is 0.855. The first-order valence-corrected chi connectivity index (χ1v) is 10.5. The van der Waals surface area contributed by atoms with Crippen molar-refractivity contribution in [2.24, 2.45) is 11.1 Å². The molecule has 0 unspecified atom stereocenters. The van der Waals surface area contributed by atoms with Crippen LogP contribution in [0.1, 0.15) is 26.7 Å². The summed E-state index contributed by atoms with van der Waals surface area (Å²) in [7, 11) is -3.68. The molecule has 3 heterocycles. The van der Waals surface area contributed by atoms with Crippen LogP contribution in [0.25, 0.3) is 0 Å². The minimum Gasteiger partial charge on any atom is -0.373 e. The van der Waals surface area contributed by atoms with Gasteiger partial charge < -0.3 is 9.64 Å². The highest BCUT2D eigenvalue weighted by molar-refractivity contribution is 7.89. The van der Waals surface area contributed by atoms with Crippen LogP contribution in [0.5, 0.6) is 0 Å². The molecule has 0 aliphatic carbocycles. The molecule has 1 aromatic heterocycles. The number of rotatable bonds is 4. The smallest absolute Gasteiger partial charge is 0.239 e. The van der Waals surface area contributed by atoms with Gasteiger partial charge >= 0.3 is 0 Å². The maximum absolute atomic E-state index is 11.3. The van der Waals surface area contributed by atoms with E-state index in [4.69, 9.17) is 9.88 Å². The molecular formula is C17H28N4O3S. The zero-order valence-electron chi connectivity index (χ0n) is 15.0. The molecule has 7 nitrogen and oxygen atoms in total. The molecule has 0 amide bonds. The molecular weight excluding hydrogens is 340 g/mol. The summed E-state index contributed by atoms with van der Waals surface area (Å²) in [4.78, 5) is 9.07. The highest BCUT2D eigenvalue weighted by Crippen LogP contribution is 2.24. The van der Waals surface area contributed by atoms with E-state index in [1.165, 1.54) is 12.3 Å². The lowest BCUT2D eigenvalue weighted by atomic mass is 9.95. The molecule has 2 N–H and O–H groups in total. The Morgan fingerprint density at radius 3 is 2.36 bits per heavy atom. The van der Waals surface area contributed by atoms with E-state index in [1.807, 2.05) is 0 Å². The first-order valence-electron chi connectivity index (χ1n) is 8.93. The fourth-order valence-electron chi connectivity index (χ4n) is 3.87. The van der Waals surface area contributed by atoms with Crippen LogP contribution < -0.4 is 10.0 Å². The molecule has 2 saturated heterocycles. The van der Waals surface area contributed by atoms with Crippen molar-refractivity contribution in [2.75, 3.05) is 37.6 Å². The number of ether oxygens (including phenoxy) is 1. The predicted octanol–water partition coefficient (Wildman–Crippen LogP) is 1.05. The lowest BCUT2D eigenvalue weighted by Gasteiger charge is -2.39.